The molecule has 1 aliphatic rings. The highest BCUT2D eigenvalue weighted by Crippen LogP contribution is 2.42. The van der Waals surface area contributed by atoms with Crippen molar-refractivity contribution >= 4 is 13.1 Å². The molecule has 3 rings (SSSR count). The van der Waals surface area contributed by atoms with Crippen molar-refractivity contribution in [2.45, 2.75) is 57.7 Å². The van der Waals surface area contributed by atoms with Crippen LogP contribution in [0.3, 0.4) is 0 Å². The maximum absolute atomic E-state index is 13.0. The van der Waals surface area contributed by atoms with Crippen molar-refractivity contribution in [3.8, 4) is 5.75 Å². The zero-order valence-corrected chi connectivity index (χ0v) is 18.1. The number of carbonyl (C=O) groups is 1. The molecule has 0 spiro atoms. The Kier molecular flexibility index (Phi) is 6.53. The van der Waals surface area contributed by atoms with Crippen molar-refractivity contribution in [3.63, 3.8) is 0 Å². The lowest BCUT2D eigenvalue weighted by Crippen LogP contribution is -2.41. The van der Waals surface area contributed by atoms with E-state index in [0.717, 1.165) is 11.1 Å². The molecule has 2 aromatic rings. The third-order valence-corrected chi connectivity index (χ3v) is 5.84. The van der Waals surface area contributed by atoms with Crippen LogP contribution in [0.25, 0.3) is 0 Å². The van der Waals surface area contributed by atoms with Gasteiger partial charge in [0.1, 0.15) is 18.2 Å². The first-order valence-corrected chi connectivity index (χ1v) is 10.0. The molecule has 0 aliphatic carbocycles. The molecule has 5 nitrogen and oxygen atoms in total. The third kappa shape index (κ3) is 5.02. The van der Waals surface area contributed by atoms with Crippen molar-refractivity contribution in [2.75, 3.05) is 7.11 Å². The number of hydrogen-bond donors (Lipinski definition) is 0. The summed E-state index contributed by atoms with van der Waals surface area (Å²) in [6.45, 7) is 8.26. The van der Waals surface area contributed by atoms with Crippen LogP contribution in [0.5, 0.6) is 5.75 Å². The zero-order chi connectivity index (χ0) is 21.9. The Morgan fingerprint density at radius 3 is 2.10 bits per heavy atom. The highest BCUT2D eigenvalue weighted by atomic mass is 19.1. The fraction of sp³-hybridized carbons (Fsp3) is 0.435. The molecule has 0 radical (unpaired) electrons. The summed E-state index contributed by atoms with van der Waals surface area (Å²) in [5.74, 6) is -0.243. The molecule has 2 aromatic carbocycles. The van der Waals surface area contributed by atoms with Gasteiger partial charge in [0.25, 0.3) is 0 Å². The van der Waals surface area contributed by atoms with E-state index in [-0.39, 0.29) is 24.0 Å². The van der Waals surface area contributed by atoms with E-state index in [9.17, 15) is 9.18 Å². The van der Waals surface area contributed by atoms with Crippen LogP contribution in [-0.4, -0.2) is 31.4 Å². The standard InChI is InChI=1S/C23H28BFO5/c1-22(2)23(3,4)30-24(29-22)20(14-21(26)27-5)17-8-12-19(13-9-17)28-15-16-6-10-18(25)11-7-16/h6-13,20H,14-15H2,1-5H3. The van der Waals surface area contributed by atoms with Crippen LogP contribution in [-0.2, 0) is 25.4 Å². The first kappa shape index (κ1) is 22.3. The number of benzene rings is 2. The summed E-state index contributed by atoms with van der Waals surface area (Å²) >= 11 is 0. The molecule has 160 valence electrons. The van der Waals surface area contributed by atoms with Crippen LogP contribution in [0, 0.1) is 5.82 Å². The maximum Gasteiger partial charge on any atom is 0.466 e. The summed E-state index contributed by atoms with van der Waals surface area (Å²) in [5.41, 5.74) is 0.781. The molecule has 0 bridgehead atoms. The third-order valence-electron chi connectivity index (χ3n) is 5.84. The molecule has 1 unspecified atom stereocenters. The van der Waals surface area contributed by atoms with Crippen molar-refractivity contribution in [3.05, 3.63) is 65.5 Å². The Bertz CT molecular complexity index is 848. The van der Waals surface area contributed by atoms with Gasteiger partial charge in [0.2, 0.25) is 0 Å². The Balaban J connectivity index is 1.73. The second-order valence-electron chi connectivity index (χ2n) is 8.50. The van der Waals surface area contributed by atoms with E-state index in [0.29, 0.717) is 12.4 Å². The van der Waals surface area contributed by atoms with Gasteiger partial charge in [-0.05, 0) is 63.1 Å². The normalized spacial score (nSPS) is 18.1. The van der Waals surface area contributed by atoms with E-state index in [1.807, 2.05) is 52.0 Å². The van der Waals surface area contributed by atoms with Gasteiger partial charge >= 0.3 is 13.1 Å². The first-order valence-electron chi connectivity index (χ1n) is 10.0. The lowest BCUT2D eigenvalue weighted by molar-refractivity contribution is -0.140. The van der Waals surface area contributed by atoms with E-state index < -0.39 is 18.3 Å². The second-order valence-corrected chi connectivity index (χ2v) is 8.50. The van der Waals surface area contributed by atoms with Crippen molar-refractivity contribution < 1.29 is 28.0 Å². The monoisotopic (exact) mass is 414 g/mol. The molecule has 0 N–H and O–H groups in total. The van der Waals surface area contributed by atoms with E-state index >= 15 is 0 Å². The van der Waals surface area contributed by atoms with Crippen LogP contribution in [0.15, 0.2) is 48.5 Å². The minimum absolute atomic E-state index is 0.142. The number of rotatable bonds is 7. The molecular weight excluding hydrogens is 386 g/mol. The molecule has 7 heteroatoms. The number of carbonyl (C=O) groups excluding carboxylic acids is 1. The fourth-order valence-corrected chi connectivity index (χ4v) is 3.25. The highest BCUT2D eigenvalue weighted by Gasteiger charge is 2.54. The van der Waals surface area contributed by atoms with Gasteiger partial charge < -0.3 is 18.8 Å². The smallest absolute Gasteiger partial charge is 0.466 e. The predicted octanol–water partition coefficient (Wildman–Crippen LogP) is 4.68. The van der Waals surface area contributed by atoms with Crippen LogP contribution >= 0.6 is 0 Å². The summed E-state index contributed by atoms with van der Waals surface area (Å²) < 4.78 is 36.0. The first-order chi connectivity index (χ1) is 14.1. The Hall–Kier alpha value is -2.38. The Labute approximate surface area is 177 Å². The molecule has 30 heavy (non-hydrogen) atoms. The molecule has 1 atom stereocenters. The average molecular weight is 414 g/mol. The quantitative estimate of drug-likeness (QED) is 0.486. The van der Waals surface area contributed by atoms with Gasteiger partial charge in [-0.2, -0.15) is 0 Å². The molecule has 1 saturated heterocycles. The van der Waals surface area contributed by atoms with E-state index in [1.54, 1.807) is 12.1 Å². The fourth-order valence-electron chi connectivity index (χ4n) is 3.25. The SMILES string of the molecule is COC(=O)CC(B1OC(C)(C)C(C)(C)O1)c1ccc(OCc2ccc(F)cc2)cc1. The van der Waals surface area contributed by atoms with Crippen molar-refractivity contribution in [2.24, 2.45) is 0 Å². The molecule has 1 fully saturated rings. The number of ether oxygens (including phenoxy) is 2. The lowest BCUT2D eigenvalue weighted by Gasteiger charge is -2.32. The zero-order valence-electron chi connectivity index (χ0n) is 18.1. The Morgan fingerprint density at radius 1 is 1.00 bits per heavy atom. The molecule has 0 saturated carbocycles. The second kappa shape index (κ2) is 8.78. The average Bonchev–Trinajstić information content (AvgIpc) is 2.93. The molecule has 1 aliphatic heterocycles. The Morgan fingerprint density at radius 2 is 1.57 bits per heavy atom. The molecule has 0 amide bonds. The topological polar surface area (TPSA) is 54.0 Å². The minimum Gasteiger partial charge on any atom is -0.489 e. The van der Waals surface area contributed by atoms with Gasteiger partial charge in [-0.15, -0.1) is 0 Å². The maximum atomic E-state index is 13.0. The van der Waals surface area contributed by atoms with Crippen LogP contribution in [0.2, 0.25) is 0 Å². The number of halogens is 1. The summed E-state index contributed by atoms with van der Waals surface area (Å²) in [6.07, 6.45) is 0.142. The van der Waals surface area contributed by atoms with Crippen molar-refractivity contribution in [1.82, 2.24) is 0 Å². The van der Waals surface area contributed by atoms with Gasteiger partial charge in [-0.1, -0.05) is 24.3 Å². The van der Waals surface area contributed by atoms with E-state index in [2.05, 4.69) is 0 Å². The number of hydrogen-bond acceptors (Lipinski definition) is 5. The summed E-state index contributed by atoms with van der Waals surface area (Å²) in [5, 5.41) is 0. The van der Waals surface area contributed by atoms with Crippen LogP contribution in [0.1, 0.15) is 51.1 Å². The van der Waals surface area contributed by atoms with E-state index in [1.165, 1.54) is 19.2 Å². The minimum atomic E-state index is -0.569. The summed E-state index contributed by atoms with van der Waals surface area (Å²) in [7, 11) is 0.802. The van der Waals surface area contributed by atoms with Gasteiger partial charge in [-0.3, -0.25) is 4.79 Å². The number of esters is 1. The molecule has 1 heterocycles. The van der Waals surface area contributed by atoms with Gasteiger partial charge in [0, 0.05) is 5.82 Å². The number of methoxy groups -OCH3 is 1. The van der Waals surface area contributed by atoms with Gasteiger partial charge in [0.05, 0.1) is 24.7 Å². The predicted molar refractivity (Wildman–Crippen MR) is 113 cm³/mol. The largest absolute Gasteiger partial charge is 0.489 e. The van der Waals surface area contributed by atoms with Crippen molar-refractivity contribution in [1.29, 1.82) is 0 Å². The lowest BCUT2D eigenvalue weighted by atomic mass is 9.66. The summed E-state index contributed by atoms with van der Waals surface area (Å²) in [6, 6.07) is 13.7. The highest BCUT2D eigenvalue weighted by molar-refractivity contribution is 6.48. The van der Waals surface area contributed by atoms with Crippen LogP contribution < -0.4 is 4.74 Å². The molecular formula is C23H28BFO5. The van der Waals surface area contributed by atoms with Gasteiger partial charge in [0.15, 0.2) is 0 Å². The van der Waals surface area contributed by atoms with Crippen LogP contribution in [0.4, 0.5) is 4.39 Å². The van der Waals surface area contributed by atoms with E-state index in [4.69, 9.17) is 18.8 Å². The molecule has 0 aromatic heterocycles. The summed E-state index contributed by atoms with van der Waals surface area (Å²) in [4.78, 5) is 12.0. The van der Waals surface area contributed by atoms with Gasteiger partial charge in [-0.25, -0.2) is 4.39 Å².